The number of hydrogen-bond donors (Lipinski definition) is 2. The number of nitrogens with one attached hydrogen (secondary N) is 2. The van der Waals surface area contributed by atoms with Gasteiger partial charge < -0.3 is 29.4 Å². The highest BCUT2D eigenvalue weighted by Crippen LogP contribution is 2.35. The number of amides is 3. The molecule has 0 saturated carbocycles. The van der Waals surface area contributed by atoms with E-state index < -0.39 is 0 Å². The molecule has 2 unspecified atom stereocenters. The summed E-state index contributed by atoms with van der Waals surface area (Å²) in [4.78, 5) is 27.1. The fourth-order valence-corrected chi connectivity index (χ4v) is 3.80. The Morgan fingerprint density at radius 1 is 1.13 bits per heavy atom. The van der Waals surface area contributed by atoms with Crippen molar-refractivity contribution in [3.05, 3.63) is 47.9 Å². The summed E-state index contributed by atoms with van der Waals surface area (Å²) in [5.74, 6) is 1.55. The second-order valence-electron chi connectivity index (χ2n) is 7.28. The van der Waals surface area contributed by atoms with E-state index in [0.29, 0.717) is 49.9 Å². The standard InChI is InChI=1S/C22H29N3O5/c1-4-23-22(27)25-13-16(15-7-8-19(28-2)20(11-15)29-3)10-17(14-25)21(26)24-12-18-6-5-9-30-18/h5-9,11,16-17H,4,10,12-14H2,1-3H3,(H,23,27)(H,24,26). The molecule has 0 radical (unpaired) electrons. The fraction of sp³-hybridized carbons (Fsp3) is 0.455. The molecule has 8 nitrogen and oxygen atoms in total. The molecule has 8 heteroatoms. The fourth-order valence-electron chi connectivity index (χ4n) is 3.80. The zero-order valence-electron chi connectivity index (χ0n) is 17.6. The van der Waals surface area contributed by atoms with Gasteiger partial charge in [0.05, 0.1) is 32.9 Å². The lowest BCUT2D eigenvalue weighted by atomic mass is 9.84. The van der Waals surface area contributed by atoms with Crippen LogP contribution >= 0.6 is 0 Å². The summed E-state index contributed by atoms with van der Waals surface area (Å²) in [6.07, 6.45) is 2.21. The van der Waals surface area contributed by atoms with E-state index in [1.54, 1.807) is 31.4 Å². The first-order chi connectivity index (χ1) is 14.5. The number of methoxy groups -OCH3 is 2. The Morgan fingerprint density at radius 3 is 2.60 bits per heavy atom. The highest BCUT2D eigenvalue weighted by Gasteiger charge is 2.34. The van der Waals surface area contributed by atoms with Crippen LogP contribution in [0.25, 0.3) is 0 Å². The van der Waals surface area contributed by atoms with Crippen LogP contribution in [0.2, 0.25) is 0 Å². The van der Waals surface area contributed by atoms with Crippen LogP contribution in [-0.4, -0.2) is 50.7 Å². The van der Waals surface area contributed by atoms with Crippen LogP contribution in [-0.2, 0) is 11.3 Å². The third-order valence-electron chi connectivity index (χ3n) is 5.33. The minimum atomic E-state index is -0.325. The Hall–Kier alpha value is -3.16. The molecule has 30 heavy (non-hydrogen) atoms. The van der Waals surface area contributed by atoms with Gasteiger partial charge in [0.2, 0.25) is 5.91 Å². The SMILES string of the molecule is CCNC(=O)N1CC(C(=O)NCc2ccco2)CC(c2ccc(OC)c(OC)c2)C1. The van der Waals surface area contributed by atoms with E-state index in [0.717, 1.165) is 5.56 Å². The van der Waals surface area contributed by atoms with Gasteiger partial charge >= 0.3 is 6.03 Å². The van der Waals surface area contributed by atoms with Crippen molar-refractivity contribution >= 4 is 11.9 Å². The van der Waals surface area contributed by atoms with E-state index in [1.165, 1.54) is 0 Å². The molecule has 1 aromatic carbocycles. The molecule has 0 bridgehead atoms. The average molecular weight is 415 g/mol. The van der Waals surface area contributed by atoms with E-state index in [1.807, 2.05) is 31.2 Å². The molecule has 3 amide bonds. The van der Waals surface area contributed by atoms with Crippen LogP contribution in [0.5, 0.6) is 11.5 Å². The molecule has 162 valence electrons. The van der Waals surface area contributed by atoms with Gasteiger partial charge in [0.1, 0.15) is 5.76 Å². The molecule has 1 saturated heterocycles. The zero-order valence-corrected chi connectivity index (χ0v) is 17.6. The number of carbonyl (C=O) groups is 2. The Balaban J connectivity index is 1.78. The number of carbonyl (C=O) groups excluding carboxylic acids is 2. The summed E-state index contributed by atoms with van der Waals surface area (Å²) >= 11 is 0. The second-order valence-corrected chi connectivity index (χ2v) is 7.28. The van der Waals surface area contributed by atoms with Crippen molar-refractivity contribution in [2.45, 2.75) is 25.8 Å². The summed E-state index contributed by atoms with van der Waals surface area (Å²) < 4.78 is 16.0. The monoisotopic (exact) mass is 415 g/mol. The normalized spacial score (nSPS) is 18.6. The van der Waals surface area contributed by atoms with Gasteiger partial charge in [-0.15, -0.1) is 0 Å². The smallest absolute Gasteiger partial charge is 0.317 e. The van der Waals surface area contributed by atoms with E-state index in [4.69, 9.17) is 13.9 Å². The molecule has 2 atom stereocenters. The van der Waals surface area contributed by atoms with Gasteiger partial charge in [-0.05, 0) is 43.2 Å². The van der Waals surface area contributed by atoms with Crippen molar-refractivity contribution in [2.75, 3.05) is 33.9 Å². The minimum absolute atomic E-state index is 0.000486. The first-order valence-electron chi connectivity index (χ1n) is 10.1. The van der Waals surface area contributed by atoms with Crippen molar-refractivity contribution in [1.82, 2.24) is 15.5 Å². The molecule has 3 rings (SSSR count). The molecular formula is C22H29N3O5. The lowest BCUT2D eigenvalue weighted by molar-refractivity contribution is -0.126. The van der Waals surface area contributed by atoms with E-state index in [2.05, 4.69) is 10.6 Å². The number of benzene rings is 1. The first kappa shape index (κ1) is 21.5. The summed E-state index contributed by atoms with van der Waals surface area (Å²) in [5.41, 5.74) is 1.01. The average Bonchev–Trinajstić information content (AvgIpc) is 3.30. The quantitative estimate of drug-likeness (QED) is 0.725. The lowest BCUT2D eigenvalue weighted by Gasteiger charge is -2.37. The maximum absolute atomic E-state index is 12.9. The number of ether oxygens (including phenoxy) is 2. The van der Waals surface area contributed by atoms with Crippen molar-refractivity contribution in [1.29, 1.82) is 0 Å². The Kier molecular flexibility index (Phi) is 7.21. The Morgan fingerprint density at radius 2 is 1.93 bits per heavy atom. The topological polar surface area (TPSA) is 93.0 Å². The maximum atomic E-state index is 12.9. The van der Waals surface area contributed by atoms with Crippen LogP contribution < -0.4 is 20.1 Å². The summed E-state index contributed by atoms with van der Waals surface area (Å²) in [6.45, 7) is 3.64. The maximum Gasteiger partial charge on any atom is 0.317 e. The number of likely N-dealkylation sites (tertiary alicyclic amines) is 1. The molecule has 1 fully saturated rings. The molecule has 2 aromatic rings. The van der Waals surface area contributed by atoms with E-state index in [-0.39, 0.29) is 23.8 Å². The second kappa shape index (κ2) is 10.0. The van der Waals surface area contributed by atoms with Crippen molar-refractivity contribution in [3.8, 4) is 11.5 Å². The molecule has 0 spiro atoms. The molecule has 1 aromatic heterocycles. The van der Waals surface area contributed by atoms with Gasteiger partial charge in [0, 0.05) is 25.6 Å². The van der Waals surface area contributed by atoms with Crippen molar-refractivity contribution < 1.29 is 23.5 Å². The number of furan rings is 1. The van der Waals surface area contributed by atoms with Crippen LogP contribution in [0.15, 0.2) is 41.0 Å². The number of hydrogen-bond acceptors (Lipinski definition) is 5. The first-order valence-corrected chi connectivity index (χ1v) is 10.1. The number of rotatable bonds is 7. The minimum Gasteiger partial charge on any atom is -0.493 e. The largest absolute Gasteiger partial charge is 0.493 e. The Bertz CT molecular complexity index is 852. The van der Waals surface area contributed by atoms with E-state index in [9.17, 15) is 9.59 Å². The summed E-state index contributed by atoms with van der Waals surface area (Å²) in [5, 5.41) is 5.76. The Labute approximate surface area is 176 Å². The van der Waals surface area contributed by atoms with Crippen molar-refractivity contribution in [3.63, 3.8) is 0 Å². The van der Waals surface area contributed by atoms with Crippen LogP contribution in [0.4, 0.5) is 4.79 Å². The van der Waals surface area contributed by atoms with Gasteiger partial charge in [-0.2, -0.15) is 0 Å². The number of piperidine rings is 1. The molecule has 0 aliphatic carbocycles. The van der Waals surface area contributed by atoms with Gasteiger partial charge in [-0.1, -0.05) is 6.07 Å². The van der Waals surface area contributed by atoms with Gasteiger partial charge in [-0.3, -0.25) is 4.79 Å². The van der Waals surface area contributed by atoms with Crippen LogP contribution in [0.1, 0.15) is 30.6 Å². The summed E-state index contributed by atoms with van der Waals surface area (Å²) in [7, 11) is 3.18. The number of urea groups is 1. The van der Waals surface area contributed by atoms with Gasteiger partial charge in [0.25, 0.3) is 0 Å². The molecule has 2 N–H and O–H groups in total. The zero-order chi connectivity index (χ0) is 21.5. The molecule has 1 aliphatic heterocycles. The lowest BCUT2D eigenvalue weighted by Crippen LogP contribution is -2.51. The summed E-state index contributed by atoms with van der Waals surface area (Å²) in [6, 6.07) is 9.17. The third kappa shape index (κ3) is 5.06. The molecule has 2 heterocycles. The van der Waals surface area contributed by atoms with Crippen LogP contribution in [0.3, 0.4) is 0 Å². The van der Waals surface area contributed by atoms with E-state index >= 15 is 0 Å². The van der Waals surface area contributed by atoms with Crippen molar-refractivity contribution in [2.24, 2.45) is 5.92 Å². The molecule has 1 aliphatic rings. The van der Waals surface area contributed by atoms with Gasteiger partial charge in [-0.25, -0.2) is 4.79 Å². The highest BCUT2D eigenvalue weighted by atomic mass is 16.5. The third-order valence-corrected chi connectivity index (χ3v) is 5.33. The van der Waals surface area contributed by atoms with Crippen LogP contribution in [0, 0.1) is 5.92 Å². The molecular weight excluding hydrogens is 386 g/mol. The highest BCUT2D eigenvalue weighted by molar-refractivity contribution is 5.81. The predicted molar refractivity (Wildman–Crippen MR) is 112 cm³/mol. The van der Waals surface area contributed by atoms with Gasteiger partial charge in [0.15, 0.2) is 11.5 Å². The predicted octanol–water partition coefficient (Wildman–Crippen LogP) is 2.75. The number of nitrogens with zero attached hydrogens (tertiary/aromatic N) is 1.